The van der Waals surface area contributed by atoms with Crippen molar-refractivity contribution in [1.29, 1.82) is 0 Å². The van der Waals surface area contributed by atoms with Gasteiger partial charge in [0.15, 0.2) is 16.6 Å². The number of hydrogen-bond donors (Lipinski definition) is 2. The van der Waals surface area contributed by atoms with Gasteiger partial charge < -0.3 is 35.0 Å². The summed E-state index contributed by atoms with van der Waals surface area (Å²) in [6, 6.07) is 20.2. The number of methoxy groups -OCH3 is 1. The minimum absolute atomic E-state index is 0. The maximum absolute atomic E-state index is 11.6. The van der Waals surface area contributed by atoms with E-state index in [1.54, 1.807) is 22.7 Å². The standard InChI is InChI=1S/C15H16N2O2S.C14H14N2O2S.C4H8O2.Li.H2O/c1-19-14(18)12-7-8-17(9-12)15-16-13(10-20-15)11-5-3-2-4-6-11;17-13(18)11-6-7-16(8-11)14-15-12(9-19-14)10-4-2-1-3-5-10;5-4-2-1-3-6-4;;/h2-6,10,12H,7-9H2,1H3;1-5,9,11H,6-8H2,(H,17,18);4-5H,1-3H2;;1H2/q;;;+1;/p-1. The average molecular weight is 675 g/mol. The SMILES string of the molecule is COC(=O)C1CCN(c2nc(-c3ccccc3)cs2)C1.O=C(O)C1CCN(c2nc(-c3ccccc3)cs2)C1.OC1CCCO1.[Li+].[OH-]. The van der Waals surface area contributed by atoms with Crippen LogP contribution in [0, 0.1) is 11.8 Å². The molecule has 0 saturated carbocycles. The molecule has 5 heterocycles. The van der Waals surface area contributed by atoms with E-state index >= 15 is 0 Å². The molecular formula is C33H39LiN4O7S2. The third-order valence-corrected chi connectivity index (χ3v) is 9.63. The Hall–Kier alpha value is -3.28. The summed E-state index contributed by atoms with van der Waals surface area (Å²) >= 11 is 3.20. The topological polar surface area (TPSA) is 155 Å². The van der Waals surface area contributed by atoms with Gasteiger partial charge in [-0.1, -0.05) is 60.7 Å². The molecule has 0 bridgehead atoms. The number of anilines is 2. The number of aromatic nitrogens is 2. The van der Waals surface area contributed by atoms with E-state index in [1.165, 1.54) is 7.11 Å². The van der Waals surface area contributed by atoms with Crippen molar-refractivity contribution in [3.8, 4) is 22.5 Å². The van der Waals surface area contributed by atoms with Crippen LogP contribution in [0.25, 0.3) is 22.5 Å². The number of benzene rings is 2. The zero-order valence-electron chi connectivity index (χ0n) is 26.6. The molecule has 0 spiro atoms. The summed E-state index contributed by atoms with van der Waals surface area (Å²) in [5.74, 6) is -1.11. The third kappa shape index (κ3) is 10.6. The van der Waals surface area contributed by atoms with Crippen molar-refractivity contribution in [2.45, 2.75) is 32.0 Å². The summed E-state index contributed by atoms with van der Waals surface area (Å²) in [6.07, 6.45) is 2.92. The number of ether oxygens (including phenoxy) is 2. The monoisotopic (exact) mass is 674 g/mol. The van der Waals surface area contributed by atoms with Crippen molar-refractivity contribution in [3.63, 3.8) is 0 Å². The number of carboxylic acids is 1. The van der Waals surface area contributed by atoms with E-state index in [2.05, 4.69) is 37.3 Å². The van der Waals surface area contributed by atoms with E-state index in [0.29, 0.717) is 19.5 Å². The van der Waals surface area contributed by atoms with Crippen molar-refractivity contribution in [2.24, 2.45) is 11.8 Å². The Morgan fingerprint density at radius 1 is 0.830 bits per heavy atom. The normalized spacial score (nSPS) is 19.7. The zero-order chi connectivity index (χ0) is 31.6. The molecule has 3 saturated heterocycles. The first-order chi connectivity index (χ1) is 21.9. The fourth-order valence-electron chi connectivity index (χ4n) is 5.29. The van der Waals surface area contributed by atoms with Crippen LogP contribution in [0.3, 0.4) is 0 Å². The molecule has 7 rings (SSSR count). The van der Waals surface area contributed by atoms with E-state index in [-0.39, 0.29) is 42.1 Å². The molecule has 2 aromatic carbocycles. The Morgan fingerprint density at radius 3 is 1.70 bits per heavy atom. The number of aliphatic hydroxyl groups is 1. The van der Waals surface area contributed by atoms with Crippen LogP contribution in [0.5, 0.6) is 0 Å². The van der Waals surface area contributed by atoms with E-state index < -0.39 is 12.3 Å². The number of thiazole rings is 2. The molecule has 4 aromatic rings. The molecule has 0 amide bonds. The molecule has 3 unspecified atom stereocenters. The molecule has 14 heteroatoms. The second-order valence-corrected chi connectivity index (χ2v) is 12.6. The number of aliphatic hydroxyl groups excluding tert-OH is 1. The van der Waals surface area contributed by atoms with E-state index in [1.807, 2.05) is 53.9 Å². The van der Waals surface area contributed by atoms with E-state index in [9.17, 15) is 9.59 Å². The number of carbonyl (C=O) groups is 2. The van der Waals surface area contributed by atoms with Gasteiger partial charge in [-0.25, -0.2) is 9.97 Å². The van der Waals surface area contributed by atoms with Gasteiger partial charge in [-0.2, -0.15) is 0 Å². The summed E-state index contributed by atoms with van der Waals surface area (Å²) < 4.78 is 9.52. The molecular weight excluding hydrogens is 635 g/mol. The first kappa shape index (κ1) is 38.2. The molecule has 0 radical (unpaired) electrons. The molecule has 2 aromatic heterocycles. The predicted molar refractivity (Wildman–Crippen MR) is 179 cm³/mol. The van der Waals surface area contributed by atoms with Crippen molar-refractivity contribution < 1.29 is 53.6 Å². The maximum atomic E-state index is 11.6. The van der Waals surface area contributed by atoms with Gasteiger partial charge in [0.25, 0.3) is 0 Å². The number of esters is 1. The minimum Gasteiger partial charge on any atom is -0.870 e. The summed E-state index contributed by atoms with van der Waals surface area (Å²) in [5, 5.41) is 23.5. The van der Waals surface area contributed by atoms with Crippen molar-refractivity contribution in [1.82, 2.24) is 9.97 Å². The minimum atomic E-state index is -0.706. The predicted octanol–water partition coefficient (Wildman–Crippen LogP) is 2.47. The van der Waals surface area contributed by atoms with Gasteiger partial charge in [-0.05, 0) is 19.3 Å². The molecule has 11 nitrogen and oxygen atoms in total. The fourth-order valence-corrected chi connectivity index (χ4v) is 7.03. The Morgan fingerprint density at radius 2 is 1.32 bits per heavy atom. The van der Waals surface area contributed by atoms with Crippen LogP contribution >= 0.6 is 22.7 Å². The van der Waals surface area contributed by atoms with Gasteiger partial charge in [0.1, 0.15) is 0 Å². The number of nitrogens with zero attached hydrogens (tertiary/aromatic N) is 4. The van der Waals surface area contributed by atoms with Gasteiger partial charge in [-0.3, -0.25) is 9.59 Å². The molecule has 3 aliphatic rings. The Balaban J connectivity index is 0.000000210. The van der Waals surface area contributed by atoms with Crippen molar-refractivity contribution in [2.75, 3.05) is 49.7 Å². The van der Waals surface area contributed by atoms with E-state index in [0.717, 1.165) is 71.7 Å². The van der Waals surface area contributed by atoms with Crippen LogP contribution in [0.2, 0.25) is 0 Å². The molecule has 47 heavy (non-hydrogen) atoms. The van der Waals surface area contributed by atoms with Gasteiger partial charge >= 0.3 is 30.8 Å². The van der Waals surface area contributed by atoms with Gasteiger partial charge in [0.2, 0.25) is 0 Å². The molecule has 3 atom stereocenters. The summed E-state index contributed by atoms with van der Waals surface area (Å²) in [7, 11) is 1.45. The fraction of sp³-hybridized carbons (Fsp3) is 0.394. The largest absolute Gasteiger partial charge is 1.00 e. The van der Waals surface area contributed by atoms with Crippen LogP contribution in [0.15, 0.2) is 71.4 Å². The summed E-state index contributed by atoms with van der Waals surface area (Å²) in [6.45, 7) is 3.65. The summed E-state index contributed by atoms with van der Waals surface area (Å²) in [4.78, 5) is 36.0. The number of rotatable bonds is 6. The smallest absolute Gasteiger partial charge is 0.870 e. The Labute approximate surface area is 294 Å². The second kappa shape index (κ2) is 18.9. The van der Waals surface area contributed by atoms with Gasteiger partial charge in [0, 0.05) is 61.1 Å². The van der Waals surface area contributed by atoms with Crippen molar-refractivity contribution in [3.05, 3.63) is 71.4 Å². The quantitative estimate of drug-likeness (QED) is 0.229. The number of hydrogen-bond acceptors (Lipinski definition) is 12. The zero-order valence-corrected chi connectivity index (χ0v) is 28.2. The third-order valence-electron chi connectivity index (χ3n) is 7.83. The van der Waals surface area contributed by atoms with Gasteiger partial charge in [0.05, 0.1) is 30.3 Å². The Kier molecular flexibility index (Phi) is 15.3. The number of aliphatic carboxylic acids is 1. The summed E-state index contributed by atoms with van der Waals surface area (Å²) in [5.41, 5.74) is 4.17. The van der Waals surface area contributed by atoms with Crippen LogP contribution in [0.4, 0.5) is 10.3 Å². The van der Waals surface area contributed by atoms with Crippen molar-refractivity contribution >= 4 is 44.9 Å². The molecule has 246 valence electrons. The van der Waals surface area contributed by atoms with Crippen LogP contribution in [0.1, 0.15) is 25.7 Å². The number of carbonyl (C=O) groups excluding carboxylic acids is 1. The maximum Gasteiger partial charge on any atom is 1.00 e. The van der Waals surface area contributed by atoms with Crippen LogP contribution < -0.4 is 28.7 Å². The van der Waals surface area contributed by atoms with Gasteiger partial charge in [-0.15, -0.1) is 22.7 Å². The molecule has 3 N–H and O–H groups in total. The molecule has 3 aliphatic heterocycles. The Bertz CT molecular complexity index is 1520. The first-order valence-electron chi connectivity index (χ1n) is 15.0. The first-order valence-corrected chi connectivity index (χ1v) is 16.8. The second-order valence-electron chi connectivity index (χ2n) is 11.0. The van der Waals surface area contributed by atoms with E-state index in [4.69, 9.17) is 19.7 Å². The average Bonchev–Trinajstić information content (AvgIpc) is 3.92. The molecule has 3 fully saturated rings. The van der Waals surface area contributed by atoms with Crippen LogP contribution in [-0.4, -0.2) is 83.8 Å². The van der Waals surface area contributed by atoms with Crippen LogP contribution in [-0.2, 0) is 19.1 Å². The molecule has 0 aliphatic carbocycles. The number of carboxylic acid groups (broad SMARTS) is 1.